The van der Waals surface area contributed by atoms with Gasteiger partial charge in [0.25, 0.3) is 0 Å². The first-order valence-electron chi connectivity index (χ1n) is 10.2. The molecule has 4 rings (SSSR count). The predicted molar refractivity (Wildman–Crippen MR) is 128 cm³/mol. The summed E-state index contributed by atoms with van der Waals surface area (Å²) in [6, 6.07) is 15.1. The summed E-state index contributed by atoms with van der Waals surface area (Å²) in [7, 11) is 0. The van der Waals surface area contributed by atoms with Crippen molar-refractivity contribution in [1.82, 2.24) is 15.2 Å². The number of aromatic nitrogens is 1. The van der Waals surface area contributed by atoms with E-state index in [1.807, 2.05) is 25.3 Å². The van der Waals surface area contributed by atoms with Crippen LogP contribution in [0.1, 0.15) is 28.5 Å². The number of likely N-dealkylation sites (tertiary alicyclic amines) is 1. The van der Waals surface area contributed by atoms with Gasteiger partial charge in [-0.05, 0) is 61.4 Å². The lowest BCUT2D eigenvalue weighted by Gasteiger charge is -2.38. The van der Waals surface area contributed by atoms with Crippen molar-refractivity contribution in [3.05, 3.63) is 80.2 Å². The number of aryl methyl sites for hydroxylation is 1. The molecule has 2 atom stereocenters. The highest BCUT2D eigenvalue weighted by Crippen LogP contribution is 2.34. The number of anilines is 1. The third-order valence-electron chi connectivity index (χ3n) is 5.45. The molecule has 0 bridgehead atoms. The molecule has 1 aliphatic heterocycles. The molecule has 0 aliphatic carbocycles. The van der Waals surface area contributed by atoms with Crippen LogP contribution >= 0.6 is 34.5 Å². The van der Waals surface area contributed by atoms with Crippen LogP contribution in [-0.2, 0) is 6.54 Å². The molecule has 0 radical (unpaired) electrons. The molecule has 3 heterocycles. The van der Waals surface area contributed by atoms with Gasteiger partial charge in [0, 0.05) is 59.1 Å². The molecule has 2 aromatic heterocycles. The van der Waals surface area contributed by atoms with Crippen molar-refractivity contribution < 1.29 is 4.79 Å². The van der Waals surface area contributed by atoms with Crippen molar-refractivity contribution in [2.75, 3.05) is 18.4 Å². The molecule has 5 nitrogen and oxygen atoms in total. The molecule has 0 saturated carbocycles. The largest absolute Gasteiger partial charge is 0.334 e. The second-order valence-corrected chi connectivity index (χ2v) is 9.97. The van der Waals surface area contributed by atoms with Crippen LogP contribution < -0.4 is 10.6 Å². The number of urea groups is 1. The van der Waals surface area contributed by atoms with Crippen LogP contribution in [0.4, 0.5) is 10.5 Å². The third kappa shape index (κ3) is 5.98. The Labute approximate surface area is 196 Å². The predicted octanol–water partition coefficient (Wildman–Crippen LogP) is 5.94. The standard InChI is InChI=1S/C23H24Cl2N4OS/c1-15-2-3-16(12-26-15)13-29-11-10-20(19(14-29)21-8-9-22(25)31-21)28-23(30)27-18-6-4-17(24)5-7-18/h2-9,12,19-20H,10-11,13-14H2,1H3,(H2,27,28,30)/t19-,20-/m1/s1. The van der Waals surface area contributed by atoms with E-state index in [4.69, 9.17) is 23.2 Å². The van der Waals surface area contributed by atoms with Crippen LogP contribution in [0.15, 0.2) is 54.7 Å². The van der Waals surface area contributed by atoms with Gasteiger partial charge in [0.2, 0.25) is 0 Å². The monoisotopic (exact) mass is 474 g/mol. The molecule has 8 heteroatoms. The van der Waals surface area contributed by atoms with Gasteiger partial charge in [-0.25, -0.2) is 4.79 Å². The molecule has 31 heavy (non-hydrogen) atoms. The maximum Gasteiger partial charge on any atom is 0.319 e. The molecule has 1 saturated heterocycles. The zero-order chi connectivity index (χ0) is 21.8. The molecule has 2 amide bonds. The first-order chi connectivity index (χ1) is 15.0. The molecule has 0 spiro atoms. The minimum absolute atomic E-state index is 0.0226. The molecule has 1 aliphatic rings. The Kier molecular flexibility index (Phi) is 7.13. The number of benzene rings is 1. The number of thiophene rings is 1. The Hall–Kier alpha value is -2.12. The van der Waals surface area contributed by atoms with E-state index in [0.717, 1.165) is 36.1 Å². The number of rotatable bonds is 5. The van der Waals surface area contributed by atoms with Gasteiger partial charge in [-0.2, -0.15) is 0 Å². The van der Waals surface area contributed by atoms with Gasteiger partial charge >= 0.3 is 6.03 Å². The second-order valence-electron chi connectivity index (χ2n) is 7.79. The second kappa shape index (κ2) is 10.0. The highest BCUT2D eigenvalue weighted by molar-refractivity contribution is 7.16. The molecule has 1 fully saturated rings. The minimum atomic E-state index is -0.212. The van der Waals surface area contributed by atoms with Gasteiger partial charge in [0.1, 0.15) is 0 Å². The van der Waals surface area contributed by atoms with E-state index < -0.39 is 0 Å². The van der Waals surface area contributed by atoms with Crippen molar-refractivity contribution in [2.45, 2.75) is 31.8 Å². The number of pyridine rings is 1. The summed E-state index contributed by atoms with van der Waals surface area (Å²) >= 11 is 13.7. The summed E-state index contributed by atoms with van der Waals surface area (Å²) in [6.07, 6.45) is 2.80. The lowest BCUT2D eigenvalue weighted by molar-refractivity contribution is 0.170. The van der Waals surface area contributed by atoms with Crippen molar-refractivity contribution >= 4 is 46.3 Å². The van der Waals surface area contributed by atoms with Crippen molar-refractivity contribution in [3.8, 4) is 0 Å². The fourth-order valence-electron chi connectivity index (χ4n) is 3.87. The number of hydrogen-bond acceptors (Lipinski definition) is 4. The van der Waals surface area contributed by atoms with E-state index >= 15 is 0 Å². The first-order valence-corrected chi connectivity index (χ1v) is 11.8. The van der Waals surface area contributed by atoms with Crippen LogP contribution in [0.5, 0.6) is 0 Å². The highest BCUT2D eigenvalue weighted by Gasteiger charge is 2.32. The summed E-state index contributed by atoms with van der Waals surface area (Å²) in [5, 5.41) is 6.71. The van der Waals surface area contributed by atoms with Crippen molar-refractivity contribution in [2.24, 2.45) is 0 Å². The average molecular weight is 475 g/mol. The Morgan fingerprint density at radius 1 is 1.16 bits per heavy atom. The van der Waals surface area contributed by atoms with Crippen molar-refractivity contribution in [3.63, 3.8) is 0 Å². The lowest BCUT2D eigenvalue weighted by atomic mass is 9.90. The number of amides is 2. The Bertz CT molecular complexity index is 1020. The summed E-state index contributed by atoms with van der Waals surface area (Å²) < 4.78 is 0.763. The van der Waals surface area contributed by atoms with Gasteiger partial charge < -0.3 is 10.6 Å². The Balaban J connectivity index is 1.44. The summed E-state index contributed by atoms with van der Waals surface area (Å²) in [5.41, 5.74) is 2.92. The molecule has 2 N–H and O–H groups in total. The molecule has 3 aromatic rings. The van der Waals surface area contributed by atoms with Crippen LogP contribution in [-0.4, -0.2) is 35.0 Å². The van der Waals surface area contributed by atoms with Crippen LogP contribution in [0.25, 0.3) is 0 Å². The minimum Gasteiger partial charge on any atom is -0.334 e. The topological polar surface area (TPSA) is 57.3 Å². The summed E-state index contributed by atoms with van der Waals surface area (Å²) in [4.78, 5) is 20.7. The summed E-state index contributed by atoms with van der Waals surface area (Å²) in [6.45, 7) is 4.57. The number of carbonyl (C=O) groups excluding carboxylic acids is 1. The Morgan fingerprint density at radius 3 is 2.65 bits per heavy atom. The molecular weight excluding hydrogens is 451 g/mol. The number of piperidine rings is 1. The quantitative estimate of drug-likeness (QED) is 0.480. The number of carbonyl (C=O) groups is 1. The van der Waals surface area contributed by atoms with Crippen LogP contribution in [0, 0.1) is 6.92 Å². The first kappa shape index (κ1) is 22.1. The SMILES string of the molecule is Cc1ccc(CN2CC[C@@H](NC(=O)Nc3ccc(Cl)cc3)[C@H](c3ccc(Cl)s3)C2)cn1. The maximum absolute atomic E-state index is 12.7. The van der Waals surface area contributed by atoms with E-state index in [2.05, 4.69) is 32.7 Å². The smallest absolute Gasteiger partial charge is 0.319 e. The molecular formula is C23H24Cl2N4OS. The van der Waals surface area contributed by atoms with Gasteiger partial charge in [-0.15, -0.1) is 11.3 Å². The number of hydrogen-bond donors (Lipinski definition) is 2. The molecule has 0 unspecified atom stereocenters. The number of nitrogens with one attached hydrogen (secondary N) is 2. The van der Waals surface area contributed by atoms with Gasteiger partial charge in [0.05, 0.1) is 4.34 Å². The number of halogens is 2. The zero-order valence-corrected chi connectivity index (χ0v) is 19.5. The fraction of sp³-hybridized carbons (Fsp3) is 0.304. The van der Waals surface area contributed by atoms with Gasteiger partial charge in [0.15, 0.2) is 0 Å². The van der Waals surface area contributed by atoms with E-state index in [1.54, 1.807) is 35.6 Å². The molecule has 1 aromatic carbocycles. The maximum atomic E-state index is 12.7. The Morgan fingerprint density at radius 2 is 1.97 bits per heavy atom. The van der Waals surface area contributed by atoms with Gasteiger partial charge in [-0.3, -0.25) is 9.88 Å². The fourth-order valence-corrected chi connectivity index (χ4v) is 5.21. The lowest BCUT2D eigenvalue weighted by Crippen LogP contribution is -2.50. The number of nitrogens with zero attached hydrogens (tertiary/aromatic N) is 2. The summed E-state index contributed by atoms with van der Waals surface area (Å²) in [5.74, 6) is 0.167. The average Bonchev–Trinajstić information content (AvgIpc) is 3.18. The third-order valence-corrected chi connectivity index (χ3v) is 7.07. The van der Waals surface area contributed by atoms with Crippen LogP contribution in [0.2, 0.25) is 9.36 Å². The van der Waals surface area contributed by atoms with E-state index in [1.165, 1.54) is 10.4 Å². The highest BCUT2D eigenvalue weighted by atomic mass is 35.5. The van der Waals surface area contributed by atoms with E-state index in [9.17, 15) is 4.79 Å². The van der Waals surface area contributed by atoms with Gasteiger partial charge in [-0.1, -0.05) is 29.3 Å². The molecule has 162 valence electrons. The normalized spacial score (nSPS) is 19.2. The van der Waals surface area contributed by atoms with E-state index in [0.29, 0.717) is 10.7 Å². The zero-order valence-electron chi connectivity index (χ0n) is 17.1. The van der Waals surface area contributed by atoms with Crippen molar-refractivity contribution in [1.29, 1.82) is 0 Å². The van der Waals surface area contributed by atoms with E-state index in [-0.39, 0.29) is 18.0 Å². The van der Waals surface area contributed by atoms with Crippen LogP contribution in [0.3, 0.4) is 0 Å².